The molecule has 0 aromatic carbocycles. The maximum Gasteiger partial charge on any atom is 0.473 e. The summed E-state index contributed by atoms with van der Waals surface area (Å²) in [6, 6.07) is 0. The molecular weight excluding hydrogens is 985 g/mol. The van der Waals surface area contributed by atoms with Gasteiger partial charge in [-0.1, -0.05) is 13.8 Å². The molecule has 59 heavy (non-hydrogen) atoms. The third-order valence-corrected chi connectivity index (χ3v) is 9.81. The second-order valence-corrected chi connectivity index (χ2v) is 14.1. The van der Waals surface area contributed by atoms with Gasteiger partial charge in [-0.2, -0.15) is 114 Å². The van der Waals surface area contributed by atoms with E-state index in [1.807, 2.05) is 0 Å². The van der Waals surface area contributed by atoms with E-state index in [2.05, 4.69) is 9.05 Å². The van der Waals surface area contributed by atoms with Gasteiger partial charge in [-0.25, -0.2) is 13.2 Å². The smallest absolute Gasteiger partial charge is 0.473 e. The van der Waals surface area contributed by atoms with Crippen molar-refractivity contribution in [3.8, 4) is 0 Å². The van der Waals surface area contributed by atoms with Crippen LogP contribution in [0.5, 0.6) is 0 Å². The molecule has 0 rings (SSSR count). The Kier molecular flexibility index (Phi) is 16.7. The van der Waals surface area contributed by atoms with Crippen molar-refractivity contribution in [2.45, 2.75) is 97.6 Å². The average Bonchev–Trinajstić information content (AvgIpc) is 3.02. The van der Waals surface area contributed by atoms with Crippen LogP contribution >= 0.6 is 7.82 Å². The van der Waals surface area contributed by atoms with Crippen molar-refractivity contribution >= 4 is 30.4 Å². The molecular formula is C20H17F26N2O8PS2-2. The van der Waals surface area contributed by atoms with Crippen molar-refractivity contribution in [1.29, 1.82) is 0 Å². The maximum atomic E-state index is 15.1. The number of phosphoric ester groups is 1. The Morgan fingerprint density at radius 1 is 0.475 bits per heavy atom. The van der Waals surface area contributed by atoms with Crippen LogP contribution in [0.2, 0.25) is 0 Å². The van der Waals surface area contributed by atoms with Gasteiger partial charge in [0.05, 0.1) is 0 Å². The van der Waals surface area contributed by atoms with Crippen LogP contribution in [0.4, 0.5) is 114 Å². The van der Waals surface area contributed by atoms with Crippen LogP contribution in [0.1, 0.15) is 13.8 Å². The number of nitrogens with zero attached hydrogens (tertiary/aromatic N) is 2. The number of rotatable bonds is 22. The SMILES string of the molecule is CCN(CC(OP(=O)(O)OC(CN(CC)S(=O)[O-])C(F)(F)C(F)(F)C(F)(F)C(F)(F)C(F)(F)C(F)(F)F)C(F)(F)C(F)(F)C(F)(F)C(F)(F)C(F)(F)C(F)(F)F)S(=O)[O-]. The molecule has 4 unspecified atom stereocenters. The Morgan fingerprint density at radius 3 is 0.847 bits per heavy atom. The topological polar surface area (TPSA) is 142 Å². The molecule has 10 nitrogen and oxygen atoms in total. The number of hydrogen-bond acceptors (Lipinski definition) is 7. The molecule has 0 aliphatic rings. The lowest BCUT2D eigenvalue weighted by atomic mass is 9.91. The Balaban J connectivity index is 7.94. The summed E-state index contributed by atoms with van der Waals surface area (Å²) in [6.45, 7) is -8.78. The molecule has 0 aromatic rings. The molecule has 0 aliphatic heterocycles. The Hall–Kier alpha value is -1.57. The summed E-state index contributed by atoms with van der Waals surface area (Å²) in [6.07, 6.45) is -27.1. The van der Waals surface area contributed by atoms with Crippen molar-refractivity contribution in [3.05, 3.63) is 0 Å². The Labute approximate surface area is 313 Å². The summed E-state index contributed by atoms with van der Waals surface area (Å²) in [7, 11) is -8.24. The van der Waals surface area contributed by atoms with Crippen LogP contribution in [0, 0.1) is 0 Å². The van der Waals surface area contributed by atoms with Crippen molar-refractivity contribution in [1.82, 2.24) is 8.61 Å². The first kappa shape index (κ1) is 57.4. The van der Waals surface area contributed by atoms with Crippen LogP contribution in [0.3, 0.4) is 0 Å². The molecule has 4 atom stereocenters. The van der Waals surface area contributed by atoms with Gasteiger partial charge in [0, 0.05) is 48.7 Å². The van der Waals surface area contributed by atoms with Gasteiger partial charge >= 0.3 is 79.4 Å². The molecule has 0 aromatic heterocycles. The summed E-state index contributed by atoms with van der Waals surface area (Å²) in [5.74, 6) is -85.5. The van der Waals surface area contributed by atoms with Crippen LogP contribution in [0.15, 0.2) is 0 Å². The first-order valence-electron chi connectivity index (χ1n) is 13.7. The first-order valence-corrected chi connectivity index (χ1v) is 17.3. The summed E-state index contributed by atoms with van der Waals surface area (Å²) in [5.41, 5.74) is 0. The third kappa shape index (κ3) is 9.83. The Bertz CT molecular complexity index is 1450. The van der Waals surface area contributed by atoms with Gasteiger partial charge in [0.2, 0.25) is 0 Å². The van der Waals surface area contributed by atoms with E-state index in [0.29, 0.717) is 13.8 Å². The van der Waals surface area contributed by atoms with Crippen LogP contribution in [-0.2, 0) is 36.1 Å². The Morgan fingerprint density at radius 2 is 0.678 bits per heavy atom. The molecule has 1 N–H and O–H groups in total. The van der Waals surface area contributed by atoms with Crippen molar-refractivity contribution in [3.63, 3.8) is 0 Å². The van der Waals surface area contributed by atoms with Crippen LogP contribution < -0.4 is 0 Å². The van der Waals surface area contributed by atoms with E-state index in [-0.39, 0.29) is 0 Å². The summed E-state index contributed by atoms with van der Waals surface area (Å²) in [5, 5.41) is 0. The number of hydrogen-bond donors (Lipinski definition) is 1. The van der Waals surface area contributed by atoms with E-state index in [4.69, 9.17) is 0 Å². The van der Waals surface area contributed by atoms with Crippen molar-refractivity contribution in [2.24, 2.45) is 0 Å². The summed E-state index contributed by atoms with van der Waals surface area (Å²) < 4.78 is 419. The second-order valence-electron chi connectivity index (χ2n) is 10.9. The fraction of sp³-hybridized carbons (Fsp3) is 1.00. The second kappa shape index (κ2) is 17.2. The van der Waals surface area contributed by atoms with Gasteiger partial charge in [0.1, 0.15) is 0 Å². The number of halogens is 26. The standard InChI is InChI=1S/C20H19F26N2O8PS2/c1-3-47(58(51)52)5-7(9(21,22)11(25,26)13(29,30)15(33,34)17(37,38)19(41,42)43)55-57(49,50)56-8(6-48(4-2)59(53)54)10(23,24)12(27,28)14(31,32)16(35,36)18(39,40)20(44,45)46/h7-8H,3-6H2,1-2H3,(H,49,50)(H,51,52)(H,53,54)/p-2. The molecule has 0 aliphatic carbocycles. The van der Waals surface area contributed by atoms with Gasteiger partial charge in [0.25, 0.3) is 0 Å². The van der Waals surface area contributed by atoms with E-state index in [0.717, 1.165) is 0 Å². The predicted octanol–water partition coefficient (Wildman–Crippen LogP) is 7.57. The van der Waals surface area contributed by atoms with Crippen molar-refractivity contribution in [2.75, 3.05) is 26.2 Å². The van der Waals surface area contributed by atoms with E-state index < -0.39 is 149 Å². The quantitative estimate of drug-likeness (QED) is 0.0666. The predicted molar refractivity (Wildman–Crippen MR) is 133 cm³/mol. The monoisotopic (exact) mass is 1000 g/mol. The summed E-state index contributed by atoms with van der Waals surface area (Å²) in [4.78, 5) is 9.76. The molecule has 0 fully saturated rings. The highest BCUT2D eigenvalue weighted by Gasteiger charge is 2.93. The molecule has 0 spiro atoms. The van der Waals surface area contributed by atoms with Gasteiger partial charge in [0.15, 0.2) is 12.2 Å². The number of phosphoric acid groups is 1. The molecule has 39 heteroatoms. The maximum absolute atomic E-state index is 15.1. The van der Waals surface area contributed by atoms with E-state index in [1.165, 1.54) is 0 Å². The highest BCUT2D eigenvalue weighted by molar-refractivity contribution is 7.76. The zero-order valence-electron chi connectivity index (χ0n) is 27.3. The zero-order chi connectivity index (χ0) is 48.2. The lowest BCUT2D eigenvalue weighted by Gasteiger charge is -2.43. The molecule has 0 amide bonds. The van der Waals surface area contributed by atoms with Crippen LogP contribution in [0.25, 0.3) is 0 Å². The lowest BCUT2D eigenvalue weighted by Crippen LogP contribution is -2.72. The minimum Gasteiger partial charge on any atom is -0.760 e. The van der Waals surface area contributed by atoms with E-state index in [9.17, 15) is 124 Å². The zero-order valence-corrected chi connectivity index (χ0v) is 29.8. The number of alkyl halides is 26. The molecule has 0 saturated heterocycles. The van der Waals surface area contributed by atoms with E-state index >= 15 is 17.6 Å². The fourth-order valence-corrected chi connectivity index (χ4v) is 5.73. The van der Waals surface area contributed by atoms with E-state index in [1.54, 1.807) is 0 Å². The largest absolute Gasteiger partial charge is 0.760 e. The van der Waals surface area contributed by atoms with Crippen molar-refractivity contribution < 1.29 is 150 Å². The fourth-order valence-electron chi connectivity index (χ4n) is 3.70. The third-order valence-electron chi connectivity index (χ3n) is 7.11. The van der Waals surface area contributed by atoms with Gasteiger partial charge in [-0.05, 0) is 0 Å². The van der Waals surface area contributed by atoms with Crippen LogP contribution in [-0.4, -0.2) is 141 Å². The van der Waals surface area contributed by atoms with Gasteiger partial charge in [-0.15, -0.1) is 0 Å². The molecule has 0 bridgehead atoms. The normalized spacial score (nSPS) is 18.9. The molecule has 0 radical (unpaired) electrons. The molecule has 0 heterocycles. The first-order chi connectivity index (χ1) is 25.4. The minimum atomic E-state index is -8.87. The summed E-state index contributed by atoms with van der Waals surface area (Å²) >= 11 is -8.69. The lowest BCUT2D eigenvalue weighted by molar-refractivity contribution is -0.444. The van der Waals surface area contributed by atoms with Gasteiger partial charge < -0.3 is 14.0 Å². The van der Waals surface area contributed by atoms with Gasteiger partial charge in [-0.3, -0.25) is 17.5 Å². The molecule has 0 saturated carbocycles. The molecule has 356 valence electrons. The highest BCUT2D eigenvalue weighted by atomic mass is 32.2. The average molecular weight is 1000 g/mol. The minimum absolute atomic E-state index is 0.351. The highest BCUT2D eigenvalue weighted by Crippen LogP contribution is 2.64. The number of likely N-dealkylation sites (N-methyl/N-ethyl adjacent to an activating group) is 2.